The molecule has 1 aromatic carbocycles. The second-order valence-corrected chi connectivity index (χ2v) is 3.13. The highest BCUT2D eigenvalue weighted by atomic mass is 16.1. The van der Waals surface area contributed by atoms with Gasteiger partial charge in [0.2, 0.25) is 0 Å². The van der Waals surface area contributed by atoms with Crippen LogP contribution in [-0.2, 0) is 6.54 Å². The molecule has 0 aliphatic heterocycles. The molecular weight excluding hydrogens is 162 g/mol. The van der Waals surface area contributed by atoms with Gasteiger partial charge in [0, 0.05) is 18.5 Å². The van der Waals surface area contributed by atoms with Crippen LogP contribution in [-0.4, -0.2) is 5.78 Å². The Kier molecular flexibility index (Phi) is 3.20. The number of nitrogens with two attached hydrogens (primary N) is 1. The Balaban J connectivity index is 3.11. The van der Waals surface area contributed by atoms with Crippen LogP contribution >= 0.6 is 0 Å². The van der Waals surface area contributed by atoms with E-state index in [1.165, 1.54) is 0 Å². The third kappa shape index (κ3) is 2.16. The molecule has 0 aliphatic rings. The SMILES string of the molecule is CCC(=O)c1cc(CN)ccc1C. The van der Waals surface area contributed by atoms with Gasteiger partial charge in [0.25, 0.3) is 0 Å². The Labute approximate surface area is 78.8 Å². The maximum Gasteiger partial charge on any atom is 0.162 e. The van der Waals surface area contributed by atoms with Gasteiger partial charge in [-0.1, -0.05) is 19.1 Å². The fourth-order valence-electron chi connectivity index (χ4n) is 1.29. The monoisotopic (exact) mass is 177 g/mol. The van der Waals surface area contributed by atoms with Crippen LogP contribution in [0, 0.1) is 6.92 Å². The van der Waals surface area contributed by atoms with E-state index >= 15 is 0 Å². The molecule has 0 spiro atoms. The van der Waals surface area contributed by atoms with Crippen molar-refractivity contribution in [1.82, 2.24) is 0 Å². The molecule has 0 fully saturated rings. The summed E-state index contributed by atoms with van der Waals surface area (Å²) in [7, 11) is 0. The first-order valence-corrected chi connectivity index (χ1v) is 4.51. The maximum atomic E-state index is 11.5. The molecule has 0 bridgehead atoms. The number of aryl methyl sites for hydroxylation is 1. The molecular formula is C11H15NO. The van der Waals surface area contributed by atoms with E-state index in [1.54, 1.807) is 0 Å². The van der Waals surface area contributed by atoms with Crippen molar-refractivity contribution in [2.24, 2.45) is 5.73 Å². The minimum absolute atomic E-state index is 0.188. The van der Waals surface area contributed by atoms with Gasteiger partial charge >= 0.3 is 0 Å². The van der Waals surface area contributed by atoms with Crippen LogP contribution in [0.1, 0.15) is 34.8 Å². The molecule has 0 aliphatic carbocycles. The van der Waals surface area contributed by atoms with Crippen LogP contribution in [0.25, 0.3) is 0 Å². The Morgan fingerprint density at radius 3 is 2.69 bits per heavy atom. The number of hydrogen-bond donors (Lipinski definition) is 1. The quantitative estimate of drug-likeness (QED) is 0.718. The summed E-state index contributed by atoms with van der Waals surface area (Å²) in [6.07, 6.45) is 0.550. The summed E-state index contributed by atoms with van der Waals surface area (Å²) in [5.74, 6) is 0.188. The molecule has 0 radical (unpaired) electrons. The van der Waals surface area contributed by atoms with Crippen LogP contribution < -0.4 is 5.73 Å². The van der Waals surface area contributed by atoms with Crippen molar-refractivity contribution < 1.29 is 4.79 Å². The zero-order valence-electron chi connectivity index (χ0n) is 8.13. The predicted molar refractivity (Wildman–Crippen MR) is 53.7 cm³/mol. The average Bonchev–Trinajstić information content (AvgIpc) is 2.17. The average molecular weight is 177 g/mol. The van der Waals surface area contributed by atoms with Gasteiger partial charge in [-0.25, -0.2) is 0 Å². The summed E-state index contributed by atoms with van der Waals surface area (Å²) in [4.78, 5) is 11.5. The van der Waals surface area contributed by atoms with Crippen LogP contribution in [0.5, 0.6) is 0 Å². The Bertz CT molecular complexity index is 318. The fraction of sp³-hybridized carbons (Fsp3) is 0.364. The van der Waals surface area contributed by atoms with E-state index in [-0.39, 0.29) is 5.78 Å². The van der Waals surface area contributed by atoms with Crippen LogP contribution in [0.15, 0.2) is 18.2 Å². The number of ketones is 1. The third-order valence-electron chi connectivity index (χ3n) is 2.16. The van der Waals surface area contributed by atoms with Gasteiger partial charge in [0.05, 0.1) is 0 Å². The van der Waals surface area contributed by atoms with E-state index in [4.69, 9.17) is 5.73 Å². The number of benzene rings is 1. The van der Waals surface area contributed by atoms with E-state index in [0.717, 1.165) is 16.7 Å². The van der Waals surface area contributed by atoms with Gasteiger partial charge in [0.1, 0.15) is 0 Å². The third-order valence-corrected chi connectivity index (χ3v) is 2.16. The van der Waals surface area contributed by atoms with Gasteiger partial charge in [-0.15, -0.1) is 0 Å². The van der Waals surface area contributed by atoms with Gasteiger partial charge in [0.15, 0.2) is 5.78 Å². The normalized spacial score (nSPS) is 10.1. The molecule has 0 heterocycles. The highest BCUT2D eigenvalue weighted by Crippen LogP contribution is 2.12. The molecule has 0 saturated carbocycles. The molecule has 2 N–H and O–H groups in total. The van der Waals surface area contributed by atoms with Crippen molar-refractivity contribution in [2.45, 2.75) is 26.8 Å². The predicted octanol–water partition coefficient (Wildman–Crippen LogP) is 2.05. The van der Waals surface area contributed by atoms with Crippen LogP contribution in [0.3, 0.4) is 0 Å². The first-order chi connectivity index (χ1) is 6.19. The lowest BCUT2D eigenvalue weighted by atomic mass is 10.0. The lowest BCUT2D eigenvalue weighted by Crippen LogP contribution is -2.03. The van der Waals surface area contributed by atoms with Crippen LogP contribution in [0.2, 0.25) is 0 Å². The molecule has 0 amide bonds. The van der Waals surface area contributed by atoms with E-state index in [9.17, 15) is 4.79 Å². The highest BCUT2D eigenvalue weighted by molar-refractivity contribution is 5.97. The fourth-order valence-corrected chi connectivity index (χ4v) is 1.29. The first kappa shape index (κ1) is 9.93. The van der Waals surface area contributed by atoms with Crippen molar-refractivity contribution in [3.05, 3.63) is 34.9 Å². The van der Waals surface area contributed by atoms with Gasteiger partial charge in [-0.05, 0) is 24.1 Å². The summed E-state index contributed by atoms with van der Waals surface area (Å²) in [5.41, 5.74) is 8.36. The molecule has 1 rings (SSSR count). The van der Waals surface area contributed by atoms with Crippen molar-refractivity contribution in [2.75, 3.05) is 0 Å². The molecule has 2 heteroatoms. The zero-order chi connectivity index (χ0) is 9.84. The topological polar surface area (TPSA) is 43.1 Å². The molecule has 0 aromatic heterocycles. The summed E-state index contributed by atoms with van der Waals surface area (Å²) in [6, 6.07) is 5.80. The number of carbonyl (C=O) groups is 1. The summed E-state index contributed by atoms with van der Waals surface area (Å²) in [5, 5.41) is 0. The van der Waals surface area contributed by atoms with E-state index in [0.29, 0.717) is 13.0 Å². The van der Waals surface area contributed by atoms with E-state index < -0.39 is 0 Å². The molecule has 2 nitrogen and oxygen atoms in total. The number of hydrogen-bond acceptors (Lipinski definition) is 2. The number of Topliss-reactive ketones (excluding diaryl/α,β-unsaturated/α-hetero) is 1. The second kappa shape index (κ2) is 4.19. The molecule has 1 aromatic rings. The smallest absolute Gasteiger partial charge is 0.162 e. The van der Waals surface area contributed by atoms with Crippen molar-refractivity contribution in [3.63, 3.8) is 0 Å². The molecule has 70 valence electrons. The second-order valence-electron chi connectivity index (χ2n) is 3.13. The molecule has 0 saturated heterocycles. The van der Waals surface area contributed by atoms with Gasteiger partial charge < -0.3 is 5.73 Å². The first-order valence-electron chi connectivity index (χ1n) is 4.51. The largest absolute Gasteiger partial charge is 0.326 e. The summed E-state index contributed by atoms with van der Waals surface area (Å²) in [6.45, 7) is 4.31. The highest BCUT2D eigenvalue weighted by Gasteiger charge is 2.06. The van der Waals surface area contributed by atoms with E-state index in [1.807, 2.05) is 32.0 Å². The number of carbonyl (C=O) groups excluding carboxylic acids is 1. The maximum absolute atomic E-state index is 11.5. The van der Waals surface area contributed by atoms with Crippen LogP contribution in [0.4, 0.5) is 0 Å². The van der Waals surface area contributed by atoms with E-state index in [2.05, 4.69) is 0 Å². The molecule has 0 unspecified atom stereocenters. The van der Waals surface area contributed by atoms with Gasteiger partial charge in [-0.3, -0.25) is 4.79 Å². The molecule has 13 heavy (non-hydrogen) atoms. The Morgan fingerprint density at radius 2 is 2.15 bits per heavy atom. The zero-order valence-corrected chi connectivity index (χ0v) is 8.13. The Hall–Kier alpha value is -1.15. The standard InChI is InChI=1S/C11H15NO/c1-3-11(13)10-6-9(7-12)5-4-8(10)2/h4-6H,3,7,12H2,1-2H3. The summed E-state index contributed by atoms with van der Waals surface area (Å²) >= 11 is 0. The minimum Gasteiger partial charge on any atom is -0.326 e. The lowest BCUT2D eigenvalue weighted by molar-refractivity contribution is 0.0987. The Morgan fingerprint density at radius 1 is 1.46 bits per heavy atom. The lowest BCUT2D eigenvalue weighted by Gasteiger charge is -2.05. The van der Waals surface area contributed by atoms with Crippen molar-refractivity contribution in [1.29, 1.82) is 0 Å². The van der Waals surface area contributed by atoms with Gasteiger partial charge in [-0.2, -0.15) is 0 Å². The van der Waals surface area contributed by atoms with Crippen molar-refractivity contribution >= 4 is 5.78 Å². The minimum atomic E-state index is 0.188. The molecule has 0 atom stereocenters. The summed E-state index contributed by atoms with van der Waals surface area (Å²) < 4.78 is 0. The number of rotatable bonds is 3. The van der Waals surface area contributed by atoms with Crippen molar-refractivity contribution in [3.8, 4) is 0 Å².